The average Bonchev–Trinajstić information content (AvgIpc) is 2.48. The average molecular weight is 175 g/mol. The van der Waals surface area contributed by atoms with Crippen LogP contribution in [0, 0.1) is 5.92 Å². The second kappa shape index (κ2) is 3.21. The molecule has 0 fully saturated rings. The van der Waals surface area contributed by atoms with E-state index in [4.69, 9.17) is 4.42 Å². The maximum Gasteiger partial charge on any atom is 0.226 e. The molecule has 0 atom stereocenters. The van der Waals surface area contributed by atoms with Crippen LogP contribution in [0.3, 0.4) is 0 Å². The third-order valence-electron chi connectivity index (χ3n) is 2.06. The summed E-state index contributed by atoms with van der Waals surface area (Å²) in [5, 5.41) is 1.15. The molecule has 0 radical (unpaired) electrons. The molecule has 0 spiro atoms. The highest BCUT2D eigenvalue weighted by Gasteiger charge is 2.06. The monoisotopic (exact) mass is 175 g/mol. The van der Waals surface area contributed by atoms with Gasteiger partial charge in [0.25, 0.3) is 0 Å². The van der Waals surface area contributed by atoms with Crippen molar-refractivity contribution in [3.8, 4) is 0 Å². The number of furan rings is 1. The fraction of sp³-hybridized carbons (Fsp3) is 0.364. The van der Waals surface area contributed by atoms with Gasteiger partial charge in [0, 0.05) is 17.1 Å². The van der Waals surface area contributed by atoms with Gasteiger partial charge in [-0.1, -0.05) is 13.8 Å². The van der Waals surface area contributed by atoms with Crippen LogP contribution in [-0.4, -0.2) is 4.98 Å². The summed E-state index contributed by atoms with van der Waals surface area (Å²) >= 11 is 0. The van der Waals surface area contributed by atoms with Crippen LogP contribution in [0.4, 0.5) is 0 Å². The minimum atomic E-state index is 0.654. The molecule has 13 heavy (non-hydrogen) atoms. The Balaban J connectivity index is 2.46. The predicted molar refractivity (Wildman–Crippen MR) is 52.6 cm³/mol. The molecule has 0 aliphatic rings. The van der Waals surface area contributed by atoms with E-state index in [1.807, 2.05) is 12.3 Å². The largest absolute Gasteiger partial charge is 0.446 e. The van der Waals surface area contributed by atoms with Gasteiger partial charge in [-0.3, -0.25) is 0 Å². The van der Waals surface area contributed by atoms with E-state index in [2.05, 4.69) is 24.9 Å². The zero-order chi connectivity index (χ0) is 9.26. The molecule has 0 bridgehead atoms. The summed E-state index contributed by atoms with van der Waals surface area (Å²) in [4.78, 5) is 4.14. The molecule has 2 rings (SSSR count). The number of hydrogen-bond donors (Lipinski definition) is 0. The Bertz CT molecular complexity index is 403. The molecule has 0 N–H and O–H groups in total. The van der Waals surface area contributed by atoms with Crippen LogP contribution >= 0.6 is 0 Å². The molecule has 0 saturated carbocycles. The van der Waals surface area contributed by atoms with Crippen LogP contribution in [0.15, 0.2) is 29.0 Å². The van der Waals surface area contributed by atoms with Gasteiger partial charge in [-0.05, 0) is 24.5 Å². The van der Waals surface area contributed by atoms with Crippen LogP contribution in [-0.2, 0) is 6.42 Å². The third-order valence-corrected chi connectivity index (χ3v) is 2.06. The minimum Gasteiger partial charge on any atom is -0.446 e. The lowest BCUT2D eigenvalue weighted by Gasteiger charge is -2.00. The number of rotatable bonds is 2. The van der Waals surface area contributed by atoms with Crippen LogP contribution < -0.4 is 0 Å². The lowest BCUT2D eigenvalue weighted by Crippen LogP contribution is -1.92. The quantitative estimate of drug-likeness (QED) is 0.701. The van der Waals surface area contributed by atoms with E-state index in [1.165, 1.54) is 5.56 Å². The number of hydrogen-bond acceptors (Lipinski definition) is 2. The Morgan fingerprint density at radius 2 is 2.31 bits per heavy atom. The van der Waals surface area contributed by atoms with Crippen molar-refractivity contribution in [2.24, 2.45) is 5.92 Å². The van der Waals surface area contributed by atoms with E-state index < -0.39 is 0 Å². The molecule has 2 heteroatoms. The molecule has 0 aliphatic heterocycles. The van der Waals surface area contributed by atoms with Crippen LogP contribution in [0.2, 0.25) is 0 Å². The van der Waals surface area contributed by atoms with Gasteiger partial charge in [0.2, 0.25) is 5.71 Å². The van der Waals surface area contributed by atoms with E-state index in [1.54, 1.807) is 6.20 Å². The Hall–Kier alpha value is -1.31. The van der Waals surface area contributed by atoms with Crippen molar-refractivity contribution in [3.05, 3.63) is 30.2 Å². The molecule has 0 aromatic carbocycles. The highest BCUT2D eigenvalue weighted by molar-refractivity contribution is 5.77. The van der Waals surface area contributed by atoms with Gasteiger partial charge in [0.15, 0.2) is 0 Å². The molecular weight excluding hydrogens is 162 g/mol. The first kappa shape index (κ1) is 8.30. The van der Waals surface area contributed by atoms with Gasteiger partial charge in [-0.2, -0.15) is 0 Å². The minimum absolute atomic E-state index is 0.654. The maximum atomic E-state index is 5.34. The van der Waals surface area contributed by atoms with Gasteiger partial charge in [0.1, 0.15) is 0 Å². The van der Waals surface area contributed by atoms with E-state index in [-0.39, 0.29) is 0 Å². The SMILES string of the molecule is CC(C)Cc1coc2ncccc12. The second-order valence-corrected chi connectivity index (χ2v) is 3.72. The molecule has 2 nitrogen and oxygen atoms in total. The summed E-state index contributed by atoms with van der Waals surface area (Å²) in [6.07, 6.45) is 4.63. The van der Waals surface area contributed by atoms with Crippen molar-refractivity contribution in [2.45, 2.75) is 20.3 Å². The standard InChI is InChI=1S/C11H13NO/c1-8(2)6-9-7-13-11-10(9)4-3-5-12-11/h3-5,7-8H,6H2,1-2H3. The van der Waals surface area contributed by atoms with Crippen molar-refractivity contribution in [1.29, 1.82) is 0 Å². The molecule has 68 valence electrons. The van der Waals surface area contributed by atoms with Crippen molar-refractivity contribution in [1.82, 2.24) is 4.98 Å². The lowest BCUT2D eigenvalue weighted by atomic mass is 10.0. The maximum absolute atomic E-state index is 5.34. The van der Waals surface area contributed by atoms with E-state index in [9.17, 15) is 0 Å². The normalized spacial score (nSPS) is 11.3. The Morgan fingerprint density at radius 3 is 3.08 bits per heavy atom. The highest BCUT2D eigenvalue weighted by Crippen LogP contribution is 2.21. The zero-order valence-electron chi connectivity index (χ0n) is 7.95. The fourth-order valence-electron chi connectivity index (χ4n) is 1.52. The van der Waals surface area contributed by atoms with Crippen molar-refractivity contribution in [3.63, 3.8) is 0 Å². The summed E-state index contributed by atoms with van der Waals surface area (Å²) in [5.41, 5.74) is 2.01. The number of aromatic nitrogens is 1. The second-order valence-electron chi connectivity index (χ2n) is 3.72. The highest BCUT2D eigenvalue weighted by atomic mass is 16.3. The summed E-state index contributed by atoms with van der Waals surface area (Å²) in [6, 6.07) is 4.01. The molecule has 0 unspecified atom stereocenters. The van der Waals surface area contributed by atoms with Gasteiger partial charge in [-0.15, -0.1) is 0 Å². The molecular formula is C11H13NO. The summed E-state index contributed by atoms with van der Waals surface area (Å²) in [5.74, 6) is 0.654. The van der Waals surface area contributed by atoms with Crippen LogP contribution in [0.25, 0.3) is 11.1 Å². The van der Waals surface area contributed by atoms with E-state index in [0.29, 0.717) is 5.92 Å². The van der Waals surface area contributed by atoms with Gasteiger partial charge >= 0.3 is 0 Å². The van der Waals surface area contributed by atoms with Gasteiger partial charge in [0.05, 0.1) is 6.26 Å². The first-order chi connectivity index (χ1) is 6.27. The molecule has 0 aliphatic carbocycles. The fourth-order valence-corrected chi connectivity index (χ4v) is 1.52. The summed E-state index contributed by atoms with van der Waals surface area (Å²) in [6.45, 7) is 4.41. The van der Waals surface area contributed by atoms with Gasteiger partial charge in [-0.25, -0.2) is 4.98 Å². The summed E-state index contributed by atoms with van der Waals surface area (Å²) < 4.78 is 5.34. The lowest BCUT2D eigenvalue weighted by molar-refractivity contribution is 0.585. The van der Waals surface area contributed by atoms with Gasteiger partial charge < -0.3 is 4.42 Å². The van der Waals surface area contributed by atoms with E-state index >= 15 is 0 Å². The Labute approximate surface area is 77.6 Å². The summed E-state index contributed by atoms with van der Waals surface area (Å²) in [7, 11) is 0. The Morgan fingerprint density at radius 1 is 1.46 bits per heavy atom. The molecule has 0 amide bonds. The van der Waals surface area contributed by atoms with Crippen molar-refractivity contribution in [2.75, 3.05) is 0 Å². The zero-order valence-corrected chi connectivity index (χ0v) is 7.95. The van der Waals surface area contributed by atoms with Crippen molar-refractivity contribution >= 4 is 11.1 Å². The number of nitrogens with zero attached hydrogens (tertiary/aromatic N) is 1. The molecule has 2 aromatic rings. The molecule has 2 aromatic heterocycles. The topological polar surface area (TPSA) is 26.0 Å². The first-order valence-electron chi connectivity index (χ1n) is 4.58. The smallest absolute Gasteiger partial charge is 0.226 e. The van der Waals surface area contributed by atoms with Crippen molar-refractivity contribution < 1.29 is 4.42 Å². The number of pyridine rings is 1. The molecule has 0 saturated heterocycles. The number of fused-ring (bicyclic) bond motifs is 1. The Kier molecular flexibility index (Phi) is 2.05. The van der Waals surface area contributed by atoms with Crippen LogP contribution in [0.5, 0.6) is 0 Å². The first-order valence-corrected chi connectivity index (χ1v) is 4.58. The molecule has 2 heterocycles. The van der Waals surface area contributed by atoms with Crippen LogP contribution in [0.1, 0.15) is 19.4 Å². The third kappa shape index (κ3) is 1.57. The van der Waals surface area contributed by atoms with E-state index in [0.717, 1.165) is 17.5 Å². The predicted octanol–water partition coefficient (Wildman–Crippen LogP) is 3.03.